The van der Waals surface area contributed by atoms with Crippen molar-refractivity contribution in [1.82, 2.24) is 9.38 Å². The number of hydrogen-bond acceptors (Lipinski definition) is 2. The molecule has 3 aromatic rings. The van der Waals surface area contributed by atoms with Gasteiger partial charge in [-0.15, -0.1) is 0 Å². The largest absolute Gasteiger partial charge is 0.318 e. The number of aromatic nitrogens is 2. The zero-order valence-corrected chi connectivity index (χ0v) is 12.0. The van der Waals surface area contributed by atoms with Gasteiger partial charge < -0.3 is 5.32 Å². The SMILES string of the molecule is Cc1nc2c(C)cccn2c1C(=O)Nc1ccc(F)cc1F. The lowest BCUT2D eigenvalue weighted by Gasteiger charge is -2.07. The minimum atomic E-state index is -0.823. The molecule has 112 valence electrons. The van der Waals surface area contributed by atoms with E-state index in [0.717, 1.165) is 17.7 Å². The second-order valence-electron chi connectivity index (χ2n) is 5.01. The fourth-order valence-corrected chi connectivity index (χ4v) is 2.36. The maximum atomic E-state index is 13.7. The second-order valence-corrected chi connectivity index (χ2v) is 5.01. The summed E-state index contributed by atoms with van der Waals surface area (Å²) >= 11 is 0. The van der Waals surface area contributed by atoms with Crippen molar-refractivity contribution in [2.24, 2.45) is 0 Å². The number of nitrogens with zero attached hydrogens (tertiary/aromatic N) is 2. The van der Waals surface area contributed by atoms with Crippen LogP contribution >= 0.6 is 0 Å². The number of fused-ring (bicyclic) bond motifs is 1. The number of anilines is 1. The number of aryl methyl sites for hydroxylation is 2. The molecule has 0 saturated heterocycles. The first-order valence-corrected chi connectivity index (χ1v) is 6.68. The molecule has 0 saturated carbocycles. The van der Waals surface area contributed by atoms with E-state index < -0.39 is 17.5 Å². The normalized spacial score (nSPS) is 10.9. The highest BCUT2D eigenvalue weighted by atomic mass is 19.1. The van der Waals surface area contributed by atoms with Crippen LogP contribution in [0.1, 0.15) is 21.7 Å². The zero-order valence-electron chi connectivity index (χ0n) is 12.0. The van der Waals surface area contributed by atoms with Gasteiger partial charge in [-0.05, 0) is 37.6 Å². The third-order valence-corrected chi connectivity index (χ3v) is 3.41. The van der Waals surface area contributed by atoms with Crippen LogP contribution in [0, 0.1) is 25.5 Å². The smallest absolute Gasteiger partial charge is 0.274 e. The lowest BCUT2D eigenvalue weighted by molar-refractivity contribution is 0.102. The average molecular weight is 301 g/mol. The Balaban J connectivity index is 2.02. The summed E-state index contributed by atoms with van der Waals surface area (Å²) in [7, 11) is 0. The number of carbonyl (C=O) groups is 1. The molecular weight excluding hydrogens is 288 g/mol. The van der Waals surface area contributed by atoms with Crippen molar-refractivity contribution in [2.45, 2.75) is 13.8 Å². The van der Waals surface area contributed by atoms with Gasteiger partial charge in [0.15, 0.2) is 0 Å². The van der Waals surface area contributed by atoms with Crippen LogP contribution in [0.5, 0.6) is 0 Å². The Morgan fingerprint density at radius 2 is 2.00 bits per heavy atom. The van der Waals surface area contributed by atoms with Crippen LogP contribution in [0.3, 0.4) is 0 Å². The van der Waals surface area contributed by atoms with E-state index in [0.29, 0.717) is 17.0 Å². The third-order valence-electron chi connectivity index (χ3n) is 3.41. The average Bonchev–Trinajstić information content (AvgIpc) is 2.80. The minimum absolute atomic E-state index is 0.0756. The van der Waals surface area contributed by atoms with Gasteiger partial charge in [-0.3, -0.25) is 9.20 Å². The number of nitrogens with one attached hydrogen (secondary N) is 1. The molecule has 2 heterocycles. The van der Waals surface area contributed by atoms with Gasteiger partial charge in [0.05, 0.1) is 11.4 Å². The quantitative estimate of drug-likeness (QED) is 0.787. The number of imidazole rings is 1. The van der Waals surface area contributed by atoms with Gasteiger partial charge in [-0.1, -0.05) is 6.07 Å². The molecule has 1 amide bonds. The van der Waals surface area contributed by atoms with Gasteiger partial charge in [0.25, 0.3) is 5.91 Å². The van der Waals surface area contributed by atoms with Crippen molar-refractivity contribution >= 4 is 17.2 Å². The molecule has 0 atom stereocenters. The second kappa shape index (κ2) is 5.22. The first-order valence-electron chi connectivity index (χ1n) is 6.68. The summed E-state index contributed by atoms with van der Waals surface area (Å²) in [5.74, 6) is -2.02. The lowest BCUT2D eigenvalue weighted by Crippen LogP contribution is -2.16. The Hall–Kier alpha value is -2.76. The van der Waals surface area contributed by atoms with Crippen molar-refractivity contribution in [1.29, 1.82) is 0 Å². The van der Waals surface area contributed by atoms with Crippen LogP contribution in [0.2, 0.25) is 0 Å². The van der Waals surface area contributed by atoms with Crippen LogP contribution in [-0.4, -0.2) is 15.3 Å². The number of halogens is 2. The number of hydrogen-bond donors (Lipinski definition) is 1. The van der Waals surface area contributed by atoms with Crippen molar-refractivity contribution < 1.29 is 13.6 Å². The Labute approximate surface area is 125 Å². The Morgan fingerprint density at radius 1 is 1.23 bits per heavy atom. The molecule has 0 aliphatic rings. The summed E-state index contributed by atoms with van der Waals surface area (Å²) in [6.45, 7) is 3.60. The molecule has 0 fully saturated rings. The summed E-state index contributed by atoms with van der Waals surface area (Å²) in [6, 6.07) is 6.69. The molecular formula is C16H13F2N3O. The Morgan fingerprint density at radius 3 is 2.73 bits per heavy atom. The van der Waals surface area contributed by atoms with Gasteiger partial charge in [0.2, 0.25) is 0 Å². The van der Waals surface area contributed by atoms with Gasteiger partial charge in [-0.2, -0.15) is 0 Å². The Bertz CT molecular complexity index is 886. The maximum absolute atomic E-state index is 13.7. The topological polar surface area (TPSA) is 46.4 Å². The number of rotatable bonds is 2. The van der Waals surface area contributed by atoms with Gasteiger partial charge in [0.1, 0.15) is 23.0 Å². The lowest BCUT2D eigenvalue weighted by atomic mass is 10.2. The van der Waals surface area contributed by atoms with Gasteiger partial charge in [0, 0.05) is 12.3 Å². The fraction of sp³-hybridized carbons (Fsp3) is 0.125. The van der Waals surface area contributed by atoms with Crippen LogP contribution in [0.4, 0.5) is 14.5 Å². The molecule has 22 heavy (non-hydrogen) atoms. The maximum Gasteiger partial charge on any atom is 0.274 e. The van der Waals surface area contributed by atoms with E-state index in [1.54, 1.807) is 23.6 Å². The molecule has 1 N–H and O–H groups in total. The van der Waals surface area contributed by atoms with Crippen LogP contribution in [0.25, 0.3) is 5.65 Å². The molecule has 0 aliphatic carbocycles. The van der Waals surface area contributed by atoms with Crippen LogP contribution in [0.15, 0.2) is 36.5 Å². The van der Waals surface area contributed by atoms with E-state index in [4.69, 9.17) is 0 Å². The predicted octanol–water partition coefficient (Wildman–Crippen LogP) is 3.48. The number of pyridine rings is 1. The van der Waals surface area contributed by atoms with E-state index in [-0.39, 0.29) is 5.69 Å². The first-order chi connectivity index (χ1) is 10.5. The van der Waals surface area contributed by atoms with Crippen molar-refractivity contribution in [3.63, 3.8) is 0 Å². The van der Waals surface area contributed by atoms with Crippen LogP contribution < -0.4 is 5.32 Å². The van der Waals surface area contributed by atoms with Crippen LogP contribution in [-0.2, 0) is 0 Å². The first kappa shape index (κ1) is 14.2. The van der Waals surface area contributed by atoms with E-state index in [2.05, 4.69) is 10.3 Å². The standard InChI is InChI=1S/C16H13F2N3O/c1-9-4-3-7-21-14(10(2)19-15(9)21)16(22)20-13-6-5-11(17)8-12(13)18/h3-8H,1-2H3,(H,20,22). The van der Waals surface area contributed by atoms with E-state index in [9.17, 15) is 13.6 Å². The van der Waals surface area contributed by atoms with Crippen molar-refractivity contribution in [3.05, 3.63) is 65.1 Å². The highest BCUT2D eigenvalue weighted by molar-refractivity contribution is 6.04. The summed E-state index contributed by atoms with van der Waals surface area (Å²) in [5, 5.41) is 2.45. The van der Waals surface area contributed by atoms with E-state index in [1.807, 2.05) is 13.0 Å². The van der Waals surface area contributed by atoms with Gasteiger partial charge in [-0.25, -0.2) is 13.8 Å². The zero-order chi connectivity index (χ0) is 15.9. The monoisotopic (exact) mass is 301 g/mol. The van der Waals surface area contributed by atoms with Gasteiger partial charge >= 0.3 is 0 Å². The molecule has 0 unspecified atom stereocenters. The highest BCUT2D eigenvalue weighted by Gasteiger charge is 2.18. The fourth-order valence-electron chi connectivity index (χ4n) is 2.36. The molecule has 0 bridgehead atoms. The summed E-state index contributed by atoms with van der Waals surface area (Å²) in [5.41, 5.74) is 2.38. The highest BCUT2D eigenvalue weighted by Crippen LogP contribution is 2.19. The molecule has 3 rings (SSSR count). The summed E-state index contributed by atoms with van der Waals surface area (Å²) in [4.78, 5) is 16.8. The van der Waals surface area contributed by atoms with Crippen molar-refractivity contribution in [3.8, 4) is 0 Å². The number of benzene rings is 1. The molecule has 6 heteroatoms. The molecule has 0 aliphatic heterocycles. The van der Waals surface area contributed by atoms with Crippen molar-refractivity contribution in [2.75, 3.05) is 5.32 Å². The molecule has 0 radical (unpaired) electrons. The summed E-state index contributed by atoms with van der Waals surface area (Å²) < 4.78 is 28.2. The predicted molar refractivity (Wildman–Crippen MR) is 79.0 cm³/mol. The molecule has 2 aromatic heterocycles. The molecule has 0 spiro atoms. The number of amides is 1. The van der Waals surface area contributed by atoms with E-state index in [1.165, 1.54) is 6.07 Å². The summed E-state index contributed by atoms with van der Waals surface area (Å²) in [6.07, 6.45) is 1.72. The Kier molecular flexibility index (Phi) is 3.36. The third kappa shape index (κ3) is 2.32. The minimum Gasteiger partial charge on any atom is -0.318 e. The molecule has 4 nitrogen and oxygen atoms in total. The molecule has 1 aromatic carbocycles. The van der Waals surface area contributed by atoms with E-state index >= 15 is 0 Å². The number of carbonyl (C=O) groups excluding carboxylic acids is 1.